The summed E-state index contributed by atoms with van der Waals surface area (Å²) in [6, 6.07) is 3.57. The van der Waals surface area contributed by atoms with E-state index in [1.165, 1.54) is 11.3 Å². The van der Waals surface area contributed by atoms with Crippen molar-refractivity contribution in [1.29, 1.82) is 0 Å². The van der Waals surface area contributed by atoms with Crippen LogP contribution in [-0.2, 0) is 0 Å². The second kappa shape index (κ2) is 5.48. The Kier molecular flexibility index (Phi) is 4.20. The molecule has 0 bridgehead atoms. The third-order valence-electron chi connectivity index (χ3n) is 3.28. The summed E-state index contributed by atoms with van der Waals surface area (Å²) >= 11 is 7.23. The molecule has 0 amide bonds. The number of halogens is 1. The van der Waals surface area contributed by atoms with Gasteiger partial charge in [0.15, 0.2) is 5.78 Å². The first kappa shape index (κ1) is 13.0. The molecule has 0 spiro atoms. The minimum atomic E-state index is -0.0431. The highest BCUT2D eigenvalue weighted by Crippen LogP contribution is 2.23. The molecular formula is C12H17ClN2OS. The van der Waals surface area contributed by atoms with E-state index < -0.39 is 0 Å². The van der Waals surface area contributed by atoms with Crippen molar-refractivity contribution in [2.24, 2.45) is 0 Å². The number of Topliss-reactive ketones (excluding diaryl/α,β-unsaturated/α-hetero) is 1. The van der Waals surface area contributed by atoms with Crippen molar-refractivity contribution in [2.75, 3.05) is 33.2 Å². The van der Waals surface area contributed by atoms with Gasteiger partial charge in [0, 0.05) is 26.2 Å². The summed E-state index contributed by atoms with van der Waals surface area (Å²) in [6.45, 7) is 5.97. The second-order valence-corrected chi connectivity index (χ2v) is 6.20. The summed E-state index contributed by atoms with van der Waals surface area (Å²) in [4.78, 5) is 17.5. The van der Waals surface area contributed by atoms with Crippen LogP contribution in [0.4, 0.5) is 0 Å². The molecule has 1 fully saturated rings. The van der Waals surface area contributed by atoms with Crippen LogP contribution < -0.4 is 0 Å². The number of hydrogen-bond donors (Lipinski definition) is 0. The molecule has 94 valence electrons. The van der Waals surface area contributed by atoms with E-state index in [9.17, 15) is 4.79 Å². The monoisotopic (exact) mass is 272 g/mol. The maximum absolute atomic E-state index is 12.2. The maximum Gasteiger partial charge on any atom is 0.189 e. The molecule has 2 heterocycles. The molecule has 1 unspecified atom stereocenters. The zero-order valence-corrected chi connectivity index (χ0v) is 11.7. The van der Waals surface area contributed by atoms with Crippen LogP contribution in [0.3, 0.4) is 0 Å². The first-order chi connectivity index (χ1) is 8.08. The number of thiophene rings is 1. The summed E-state index contributed by atoms with van der Waals surface area (Å²) < 4.78 is 0.680. The van der Waals surface area contributed by atoms with Crippen molar-refractivity contribution in [2.45, 2.75) is 13.0 Å². The third-order valence-corrected chi connectivity index (χ3v) is 4.53. The molecule has 2 rings (SSSR count). The molecule has 1 saturated heterocycles. The molecule has 1 aliphatic heterocycles. The summed E-state index contributed by atoms with van der Waals surface area (Å²) in [6.07, 6.45) is 0. The van der Waals surface area contributed by atoms with E-state index in [0.717, 1.165) is 31.1 Å². The minimum Gasteiger partial charge on any atom is -0.304 e. The fourth-order valence-electron chi connectivity index (χ4n) is 2.03. The van der Waals surface area contributed by atoms with Crippen LogP contribution in [0.5, 0.6) is 0 Å². The summed E-state index contributed by atoms with van der Waals surface area (Å²) in [5.74, 6) is 0.187. The van der Waals surface area contributed by atoms with Crippen molar-refractivity contribution < 1.29 is 4.79 Å². The molecule has 3 nitrogen and oxygen atoms in total. The molecule has 5 heteroatoms. The molecule has 1 aromatic heterocycles. The lowest BCUT2D eigenvalue weighted by Crippen LogP contribution is -2.50. The van der Waals surface area contributed by atoms with Gasteiger partial charge in [0.05, 0.1) is 15.3 Å². The van der Waals surface area contributed by atoms with Crippen molar-refractivity contribution in [1.82, 2.24) is 9.80 Å². The van der Waals surface area contributed by atoms with Gasteiger partial charge in [-0.1, -0.05) is 11.6 Å². The Hall–Kier alpha value is -0.420. The van der Waals surface area contributed by atoms with Gasteiger partial charge in [0.25, 0.3) is 0 Å². The minimum absolute atomic E-state index is 0.0431. The van der Waals surface area contributed by atoms with Gasteiger partial charge in [-0.15, -0.1) is 11.3 Å². The third kappa shape index (κ3) is 3.07. The van der Waals surface area contributed by atoms with E-state index in [1.807, 2.05) is 13.0 Å². The van der Waals surface area contributed by atoms with Crippen LogP contribution in [0.15, 0.2) is 12.1 Å². The normalized spacial score (nSPS) is 20.4. The van der Waals surface area contributed by atoms with Gasteiger partial charge in [-0.2, -0.15) is 0 Å². The SMILES string of the molecule is CC(C(=O)c1ccc(Cl)s1)N1CCN(C)CC1. The fraction of sp³-hybridized carbons (Fsp3) is 0.583. The number of piperazine rings is 1. The number of ketones is 1. The smallest absolute Gasteiger partial charge is 0.189 e. The zero-order valence-electron chi connectivity index (χ0n) is 10.1. The molecule has 1 aliphatic rings. The number of rotatable bonds is 3. The van der Waals surface area contributed by atoms with Gasteiger partial charge in [-0.05, 0) is 26.1 Å². The maximum atomic E-state index is 12.2. The average Bonchev–Trinajstić information content (AvgIpc) is 2.75. The lowest BCUT2D eigenvalue weighted by molar-refractivity contribution is 0.0742. The predicted octanol–water partition coefficient (Wildman–Crippen LogP) is 2.22. The van der Waals surface area contributed by atoms with Gasteiger partial charge in [0.1, 0.15) is 0 Å². The summed E-state index contributed by atoms with van der Waals surface area (Å²) in [7, 11) is 2.11. The molecule has 0 aliphatic carbocycles. The number of hydrogen-bond acceptors (Lipinski definition) is 4. The van der Waals surface area contributed by atoms with E-state index in [4.69, 9.17) is 11.6 Å². The van der Waals surface area contributed by atoms with E-state index in [2.05, 4.69) is 16.8 Å². The van der Waals surface area contributed by atoms with Crippen LogP contribution in [0.2, 0.25) is 4.34 Å². The second-order valence-electron chi connectivity index (χ2n) is 4.48. The van der Waals surface area contributed by atoms with E-state index >= 15 is 0 Å². The summed E-state index contributed by atoms with van der Waals surface area (Å²) in [5, 5.41) is 0. The van der Waals surface area contributed by atoms with Crippen molar-refractivity contribution >= 4 is 28.7 Å². The van der Waals surface area contributed by atoms with Crippen LogP contribution >= 0.6 is 22.9 Å². The zero-order chi connectivity index (χ0) is 12.4. The topological polar surface area (TPSA) is 23.6 Å². The quantitative estimate of drug-likeness (QED) is 0.789. The first-order valence-corrected chi connectivity index (χ1v) is 6.99. The first-order valence-electron chi connectivity index (χ1n) is 5.80. The van der Waals surface area contributed by atoms with Gasteiger partial charge >= 0.3 is 0 Å². The lowest BCUT2D eigenvalue weighted by atomic mass is 10.1. The predicted molar refractivity (Wildman–Crippen MR) is 72.2 cm³/mol. The molecule has 0 N–H and O–H groups in total. The Morgan fingerprint density at radius 3 is 2.53 bits per heavy atom. The summed E-state index contributed by atoms with van der Waals surface area (Å²) in [5.41, 5.74) is 0. The van der Waals surface area contributed by atoms with Crippen LogP contribution in [0.25, 0.3) is 0 Å². The Labute approximate surface area is 111 Å². The fourth-order valence-corrected chi connectivity index (χ4v) is 3.09. The Morgan fingerprint density at radius 2 is 2.00 bits per heavy atom. The van der Waals surface area contributed by atoms with Gasteiger partial charge in [0.2, 0.25) is 0 Å². The molecular weight excluding hydrogens is 256 g/mol. The Morgan fingerprint density at radius 1 is 1.35 bits per heavy atom. The highest BCUT2D eigenvalue weighted by atomic mass is 35.5. The van der Waals surface area contributed by atoms with E-state index in [-0.39, 0.29) is 11.8 Å². The van der Waals surface area contributed by atoms with Crippen molar-refractivity contribution in [3.05, 3.63) is 21.3 Å². The van der Waals surface area contributed by atoms with Crippen LogP contribution in [0.1, 0.15) is 16.6 Å². The Bertz CT molecular complexity index is 399. The van der Waals surface area contributed by atoms with E-state index in [1.54, 1.807) is 6.07 Å². The number of carbonyl (C=O) groups is 1. The van der Waals surface area contributed by atoms with Crippen molar-refractivity contribution in [3.63, 3.8) is 0 Å². The largest absolute Gasteiger partial charge is 0.304 e. The molecule has 1 aromatic rings. The standard InChI is InChI=1S/C12H17ClN2OS/c1-9(15-7-5-14(2)6-8-15)12(16)10-3-4-11(13)17-10/h3-4,9H,5-8H2,1-2H3. The molecule has 1 atom stereocenters. The van der Waals surface area contributed by atoms with Gasteiger partial charge < -0.3 is 4.90 Å². The van der Waals surface area contributed by atoms with Crippen LogP contribution in [-0.4, -0.2) is 54.9 Å². The van der Waals surface area contributed by atoms with Crippen LogP contribution in [0, 0.1) is 0 Å². The Balaban J connectivity index is 2.00. The van der Waals surface area contributed by atoms with Gasteiger partial charge in [-0.25, -0.2) is 0 Å². The molecule has 17 heavy (non-hydrogen) atoms. The number of carbonyl (C=O) groups excluding carboxylic acids is 1. The van der Waals surface area contributed by atoms with Gasteiger partial charge in [-0.3, -0.25) is 9.69 Å². The molecule has 0 aromatic carbocycles. The molecule has 0 saturated carbocycles. The number of likely N-dealkylation sites (N-methyl/N-ethyl adjacent to an activating group) is 1. The molecule has 0 radical (unpaired) electrons. The highest BCUT2D eigenvalue weighted by molar-refractivity contribution is 7.18. The van der Waals surface area contributed by atoms with Crippen molar-refractivity contribution in [3.8, 4) is 0 Å². The lowest BCUT2D eigenvalue weighted by Gasteiger charge is -2.35. The van der Waals surface area contributed by atoms with E-state index in [0.29, 0.717) is 4.34 Å². The number of nitrogens with zero attached hydrogens (tertiary/aromatic N) is 2. The highest BCUT2D eigenvalue weighted by Gasteiger charge is 2.25. The average molecular weight is 273 g/mol.